The minimum Gasteiger partial charge on any atom is -0.462 e. The van der Waals surface area contributed by atoms with Crippen LogP contribution in [0.15, 0.2) is 18.9 Å². The Morgan fingerprint density at radius 3 is 3.05 bits per heavy atom. The lowest BCUT2D eigenvalue weighted by Crippen LogP contribution is -2.22. The van der Waals surface area contributed by atoms with Crippen molar-refractivity contribution < 1.29 is 14.3 Å². The highest BCUT2D eigenvalue weighted by Gasteiger charge is 2.16. The standard InChI is InChI=1S/C14H23N3O3/c1-4-6-8-19-9-7-15-11-13-12(10-16-17(13)3)14(18)20-5-2/h4,10,15H,1,5-9,11H2,2-3H3. The summed E-state index contributed by atoms with van der Waals surface area (Å²) in [7, 11) is 1.81. The second kappa shape index (κ2) is 9.28. The molecule has 1 aromatic heterocycles. The fourth-order valence-electron chi connectivity index (χ4n) is 1.67. The van der Waals surface area contributed by atoms with Crippen molar-refractivity contribution in [1.82, 2.24) is 15.1 Å². The van der Waals surface area contributed by atoms with E-state index in [9.17, 15) is 4.79 Å². The van der Waals surface area contributed by atoms with E-state index in [4.69, 9.17) is 9.47 Å². The van der Waals surface area contributed by atoms with Gasteiger partial charge in [-0.15, -0.1) is 6.58 Å². The van der Waals surface area contributed by atoms with Crippen LogP contribution in [0.3, 0.4) is 0 Å². The van der Waals surface area contributed by atoms with Gasteiger partial charge in [-0.05, 0) is 13.3 Å². The van der Waals surface area contributed by atoms with Gasteiger partial charge in [-0.2, -0.15) is 5.10 Å². The maximum absolute atomic E-state index is 11.7. The van der Waals surface area contributed by atoms with E-state index in [-0.39, 0.29) is 5.97 Å². The highest BCUT2D eigenvalue weighted by molar-refractivity contribution is 5.90. The summed E-state index contributed by atoms with van der Waals surface area (Å²) in [6.45, 7) is 8.35. The molecule has 0 saturated carbocycles. The monoisotopic (exact) mass is 281 g/mol. The molecule has 112 valence electrons. The highest BCUT2D eigenvalue weighted by atomic mass is 16.5. The zero-order chi connectivity index (χ0) is 14.8. The van der Waals surface area contributed by atoms with Crippen LogP contribution in [-0.4, -0.2) is 42.1 Å². The molecule has 0 aliphatic carbocycles. The molecule has 20 heavy (non-hydrogen) atoms. The summed E-state index contributed by atoms with van der Waals surface area (Å²) in [5, 5.41) is 7.32. The van der Waals surface area contributed by atoms with Gasteiger partial charge in [-0.1, -0.05) is 6.08 Å². The van der Waals surface area contributed by atoms with Crippen molar-refractivity contribution in [2.45, 2.75) is 19.9 Å². The second-order valence-corrected chi connectivity index (χ2v) is 4.22. The van der Waals surface area contributed by atoms with E-state index >= 15 is 0 Å². The predicted molar refractivity (Wildman–Crippen MR) is 76.5 cm³/mol. The molecule has 6 nitrogen and oxygen atoms in total. The van der Waals surface area contributed by atoms with Crippen LogP contribution in [0, 0.1) is 0 Å². The fourth-order valence-corrected chi connectivity index (χ4v) is 1.67. The molecule has 0 aromatic carbocycles. The zero-order valence-corrected chi connectivity index (χ0v) is 12.2. The smallest absolute Gasteiger partial charge is 0.341 e. The molecule has 0 bridgehead atoms. The third-order valence-electron chi connectivity index (χ3n) is 2.74. The first-order valence-corrected chi connectivity index (χ1v) is 6.78. The Morgan fingerprint density at radius 2 is 2.35 bits per heavy atom. The summed E-state index contributed by atoms with van der Waals surface area (Å²) >= 11 is 0. The van der Waals surface area contributed by atoms with Gasteiger partial charge in [-0.3, -0.25) is 4.68 Å². The van der Waals surface area contributed by atoms with Gasteiger partial charge in [0.2, 0.25) is 0 Å². The minimum absolute atomic E-state index is 0.334. The van der Waals surface area contributed by atoms with Crippen LogP contribution in [0.5, 0.6) is 0 Å². The lowest BCUT2D eigenvalue weighted by molar-refractivity contribution is 0.0524. The average molecular weight is 281 g/mol. The number of carbonyl (C=O) groups excluding carboxylic acids is 1. The van der Waals surface area contributed by atoms with Gasteiger partial charge in [0, 0.05) is 20.1 Å². The molecule has 1 rings (SSSR count). The van der Waals surface area contributed by atoms with Gasteiger partial charge in [0.15, 0.2) is 0 Å². The molecule has 0 saturated heterocycles. The maximum atomic E-state index is 11.7. The Bertz CT molecular complexity index is 429. The second-order valence-electron chi connectivity index (χ2n) is 4.22. The topological polar surface area (TPSA) is 65.4 Å². The Labute approximate surface area is 119 Å². The number of aromatic nitrogens is 2. The lowest BCUT2D eigenvalue weighted by atomic mass is 10.2. The van der Waals surface area contributed by atoms with E-state index in [2.05, 4.69) is 17.0 Å². The first kappa shape index (κ1) is 16.4. The number of ether oxygens (including phenoxy) is 2. The molecule has 0 spiro atoms. The molecule has 1 heterocycles. The summed E-state index contributed by atoms with van der Waals surface area (Å²) in [6.07, 6.45) is 4.22. The summed E-state index contributed by atoms with van der Waals surface area (Å²) < 4.78 is 12.1. The largest absolute Gasteiger partial charge is 0.462 e. The zero-order valence-electron chi connectivity index (χ0n) is 12.2. The van der Waals surface area contributed by atoms with Crippen LogP contribution in [0.2, 0.25) is 0 Å². The number of hydrogen-bond donors (Lipinski definition) is 1. The molecule has 0 aliphatic rings. The van der Waals surface area contributed by atoms with Crippen molar-refractivity contribution in [3.8, 4) is 0 Å². The first-order chi connectivity index (χ1) is 9.70. The van der Waals surface area contributed by atoms with E-state index in [0.717, 1.165) is 12.1 Å². The summed E-state index contributed by atoms with van der Waals surface area (Å²) in [4.78, 5) is 11.7. The van der Waals surface area contributed by atoms with Gasteiger partial charge < -0.3 is 14.8 Å². The van der Waals surface area contributed by atoms with Crippen molar-refractivity contribution in [3.05, 3.63) is 30.1 Å². The quantitative estimate of drug-likeness (QED) is 0.397. The molecule has 0 aliphatic heterocycles. The number of hydrogen-bond acceptors (Lipinski definition) is 5. The van der Waals surface area contributed by atoms with Crippen molar-refractivity contribution in [3.63, 3.8) is 0 Å². The molecule has 0 unspecified atom stereocenters. The van der Waals surface area contributed by atoms with Crippen LogP contribution in [-0.2, 0) is 23.1 Å². The number of nitrogens with zero attached hydrogens (tertiary/aromatic N) is 2. The van der Waals surface area contributed by atoms with Crippen molar-refractivity contribution in [1.29, 1.82) is 0 Å². The van der Waals surface area contributed by atoms with E-state index in [1.165, 1.54) is 6.20 Å². The van der Waals surface area contributed by atoms with Crippen molar-refractivity contribution in [2.75, 3.05) is 26.4 Å². The van der Waals surface area contributed by atoms with Crippen LogP contribution in [0.25, 0.3) is 0 Å². The predicted octanol–water partition coefficient (Wildman–Crippen LogP) is 1.28. The number of nitrogens with one attached hydrogen (secondary N) is 1. The normalized spacial score (nSPS) is 10.5. The number of carbonyl (C=O) groups is 1. The van der Waals surface area contributed by atoms with Gasteiger partial charge in [0.1, 0.15) is 5.56 Å². The van der Waals surface area contributed by atoms with E-state index in [0.29, 0.717) is 38.5 Å². The molecular formula is C14H23N3O3. The number of aryl methyl sites for hydroxylation is 1. The number of rotatable bonds is 10. The van der Waals surface area contributed by atoms with E-state index in [1.54, 1.807) is 18.7 Å². The third kappa shape index (κ3) is 5.14. The fraction of sp³-hybridized carbons (Fsp3) is 0.571. The van der Waals surface area contributed by atoms with Crippen LogP contribution >= 0.6 is 0 Å². The Balaban J connectivity index is 2.37. The van der Waals surface area contributed by atoms with Crippen molar-refractivity contribution >= 4 is 5.97 Å². The van der Waals surface area contributed by atoms with Gasteiger partial charge in [-0.25, -0.2) is 4.79 Å². The van der Waals surface area contributed by atoms with Gasteiger partial charge in [0.05, 0.1) is 31.7 Å². The molecule has 1 N–H and O–H groups in total. The molecule has 6 heteroatoms. The van der Waals surface area contributed by atoms with Crippen LogP contribution in [0.1, 0.15) is 29.4 Å². The molecule has 0 radical (unpaired) electrons. The molecule has 0 atom stereocenters. The van der Waals surface area contributed by atoms with Crippen LogP contribution in [0.4, 0.5) is 0 Å². The summed E-state index contributed by atoms with van der Waals surface area (Å²) in [5.41, 5.74) is 1.32. The summed E-state index contributed by atoms with van der Waals surface area (Å²) in [5.74, 6) is -0.334. The van der Waals surface area contributed by atoms with E-state index < -0.39 is 0 Å². The SMILES string of the molecule is C=CCCOCCNCc1c(C(=O)OCC)cnn1C. The van der Waals surface area contributed by atoms with E-state index in [1.807, 2.05) is 6.08 Å². The highest BCUT2D eigenvalue weighted by Crippen LogP contribution is 2.09. The van der Waals surface area contributed by atoms with Crippen molar-refractivity contribution in [2.24, 2.45) is 7.05 Å². The first-order valence-electron chi connectivity index (χ1n) is 6.78. The third-order valence-corrected chi connectivity index (χ3v) is 2.74. The Morgan fingerprint density at radius 1 is 1.55 bits per heavy atom. The lowest BCUT2D eigenvalue weighted by Gasteiger charge is -2.08. The average Bonchev–Trinajstić information content (AvgIpc) is 2.79. The Hall–Kier alpha value is -1.66. The maximum Gasteiger partial charge on any atom is 0.341 e. The number of esters is 1. The molecule has 0 amide bonds. The molecule has 1 aromatic rings. The minimum atomic E-state index is -0.334. The summed E-state index contributed by atoms with van der Waals surface area (Å²) in [6, 6.07) is 0. The molecule has 0 fully saturated rings. The van der Waals surface area contributed by atoms with Gasteiger partial charge >= 0.3 is 5.97 Å². The Kier molecular flexibility index (Phi) is 7.60. The van der Waals surface area contributed by atoms with Gasteiger partial charge in [0.25, 0.3) is 0 Å². The molecular weight excluding hydrogens is 258 g/mol. The van der Waals surface area contributed by atoms with Crippen LogP contribution < -0.4 is 5.32 Å².